The lowest BCUT2D eigenvalue weighted by Gasteiger charge is -2.22. The monoisotopic (exact) mass is 408 g/mol. The summed E-state index contributed by atoms with van der Waals surface area (Å²) in [6.45, 7) is 0.614. The van der Waals surface area contributed by atoms with Crippen LogP contribution >= 0.6 is 31.9 Å². The lowest BCUT2D eigenvalue weighted by atomic mass is 10.2. The zero-order valence-electron chi connectivity index (χ0n) is 11.3. The van der Waals surface area contributed by atoms with Crippen LogP contribution in [0.15, 0.2) is 51.5 Å². The van der Waals surface area contributed by atoms with E-state index in [9.17, 15) is 4.79 Å². The van der Waals surface area contributed by atoms with E-state index in [-0.39, 0.29) is 5.91 Å². The molecule has 5 heteroatoms. The minimum Gasteiger partial charge on any atom is -0.330 e. The van der Waals surface area contributed by atoms with Gasteiger partial charge in [-0.2, -0.15) is 0 Å². The topological polar surface area (TPSA) is 33.2 Å². The average Bonchev–Trinajstić information content (AvgIpc) is 3.31. The third-order valence-electron chi connectivity index (χ3n) is 3.49. The number of carbonyl (C=O) groups is 1. The average molecular weight is 410 g/mol. The summed E-state index contributed by atoms with van der Waals surface area (Å²) in [5.41, 5.74) is 1.62. The Morgan fingerprint density at radius 1 is 1.19 bits per heavy atom. The number of carbonyl (C=O) groups excluding carboxylic acids is 1. The van der Waals surface area contributed by atoms with Gasteiger partial charge in [-0.3, -0.25) is 4.79 Å². The number of rotatable bonds is 4. The normalized spacial score (nSPS) is 14.0. The summed E-state index contributed by atoms with van der Waals surface area (Å²) < 4.78 is 1.91. The molecule has 1 aromatic carbocycles. The van der Waals surface area contributed by atoms with Gasteiger partial charge in [0.25, 0.3) is 5.91 Å². The third-order valence-corrected chi connectivity index (χ3v) is 4.74. The van der Waals surface area contributed by atoms with Crippen molar-refractivity contribution in [2.24, 2.45) is 0 Å². The fraction of sp³-hybridized carbons (Fsp3) is 0.250. The van der Waals surface area contributed by atoms with Gasteiger partial charge in [0, 0.05) is 27.7 Å². The van der Waals surface area contributed by atoms with Crippen LogP contribution < -0.4 is 0 Å². The number of hydrogen-bond acceptors (Lipinski definition) is 2. The van der Waals surface area contributed by atoms with Crippen molar-refractivity contribution in [3.05, 3.63) is 62.8 Å². The van der Waals surface area contributed by atoms with E-state index < -0.39 is 0 Å². The van der Waals surface area contributed by atoms with Crippen LogP contribution in [0.3, 0.4) is 0 Å². The molecule has 1 amide bonds. The molecule has 0 N–H and O–H groups in total. The van der Waals surface area contributed by atoms with Gasteiger partial charge in [0.2, 0.25) is 0 Å². The highest BCUT2D eigenvalue weighted by Crippen LogP contribution is 2.31. The van der Waals surface area contributed by atoms with Crippen LogP contribution in [0, 0.1) is 0 Å². The van der Waals surface area contributed by atoms with E-state index in [0.717, 1.165) is 27.4 Å². The quantitative estimate of drug-likeness (QED) is 0.749. The highest BCUT2D eigenvalue weighted by molar-refractivity contribution is 9.10. The molecule has 0 aliphatic heterocycles. The van der Waals surface area contributed by atoms with E-state index in [1.165, 1.54) is 0 Å². The molecule has 0 radical (unpaired) electrons. The van der Waals surface area contributed by atoms with Gasteiger partial charge in [0.1, 0.15) is 5.69 Å². The molecule has 3 nitrogen and oxygen atoms in total. The predicted molar refractivity (Wildman–Crippen MR) is 89.0 cm³/mol. The Balaban J connectivity index is 1.83. The summed E-state index contributed by atoms with van der Waals surface area (Å²) in [5.74, 6) is 0.000697. The van der Waals surface area contributed by atoms with Gasteiger partial charge in [-0.05, 0) is 52.5 Å². The maximum absolute atomic E-state index is 12.7. The van der Waals surface area contributed by atoms with Gasteiger partial charge in [-0.15, -0.1) is 0 Å². The van der Waals surface area contributed by atoms with Crippen molar-refractivity contribution in [1.29, 1.82) is 0 Å². The highest BCUT2D eigenvalue weighted by Gasteiger charge is 2.33. The Bertz CT molecular complexity index is 654. The zero-order chi connectivity index (χ0) is 14.8. The number of pyridine rings is 1. The second kappa shape index (κ2) is 6.28. The molecule has 1 saturated carbocycles. The summed E-state index contributed by atoms with van der Waals surface area (Å²) in [7, 11) is 0. The van der Waals surface area contributed by atoms with Crippen LogP contribution in [0.2, 0.25) is 0 Å². The molecular formula is C16H14Br2N2O. The first-order valence-electron chi connectivity index (χ1n) is 6.81. The molecule has 2 aromatic rings. The molecule has 1 heterocycles. The first-order valence-corrected chi connectivity index (χ1v) is 8.39. The Hall–Kier alpha value is -1.20. The number of hydrogen-bond donors (Lipinski definition) is 0. The van der Waals surface area contributed by atoms with Crippen molar-refractivity contribution in [3.63, 3.8) is 0 Å². The predicted octanol–water partition coefficient (Wildman–Crippen LogP) is 4.41. The molecule has 108 valence electrons. The summed E-state index contributed by atoms with van der Waals surface area (Å²) in [6, 6.07) is 12.0. The van der Waals surface area contributed by atoms with Crippen LogP contribution in [-0.2, 0) is 6.54 Å². The van der Waals surface area contributed by atoms with E-state index in [1.807, 2.05) is 35.2 Å². The Morgan fingerprint density at radius 2 is 1.95 bits per heavy atom. The fourth-order valence-electron chi connectivity index (χ4n) is 2.21. The lowest BCUT2D eigenvalue weighted by Crippen LogP contribution is -2.33. The van der Waals surface area contributed by atoms with Crippen molar-refractivity contribution >= 4 is 37.8 Å². The maximum atomic E-state index is 12.7. The standard InChI is InChI=1S/C16H14Br2N2O/c17-12-5-8-15(19-9-12)16(21)20(13-6-7-13)10-11-3-1-2-4-14(11)18/h1-5,8-9,13H,6-7,10H2. The molecular weight excluding hydrogens is 396 g/mol. The van der Waals surface area contributed by atoms with Crippen LogP contribution in [-0.4, -0.2) is 21.8 Å². The second-order valence-electron chi connectivity index (χ2n) is 5.12. The minimum atomic E-state index is 0.000697. The molecule has 1 aliphatic rings. The van der Waals surface area contributed by atoms with Gasteiger partial charge in [0.15, 0.2) is 0 Å². The minimum absolute atomic E-state index is 0.000697. The second-order valence-corrected chi connectivity index (χ2v) is 6.89. The number of benzene rings is 1. The van der Waals surface area contributed by atoms with Gasteiger partial charge < -0.3 is 4.90 Å². The Kier molecular flexibility index (Phi) is 4.40. The number of amides is 1. The van der Waals surface area contributed by atoms with Crippen LogP contribution in [0.4, 0.5) is 0 Å². The molecule has 0 atom stereocenters. The first-order chi connectivity index (χ1) is 10.1. The molecule has 0 saturated heterocycles. The highest BCUT2D eigenvalue weighted by atomic mass is 79.9. The van der Waals surface area contributed by atoms with Gasteiger partial charge >= 0.3 is 0 Å². The molecule has 1 aromatic heterocycles. The molecule has 1 fully saturated rings. The fourth-order valence-corrected chi connectivity index (χ4v) is 2.86. The molecule has 21 heavy (non-hydrogen) atoms. The third kappa shape index (κ3) is 3.52. The van der Waals surface area contributed by atoms with Crippen molar-refractivity contribution in [1.82, 2.24) is 9.88 Å². The summed E-state index contributed by atoms with van der Waals surface area (Å²) in [6.07, 6.45) is 3.82. The Morgan fingerprint density at radius 3 is 2.57 bits per heavy atom. The largest absolute Gasteiger partial charge is 0.330 e. The van der Waals surface area contributed by atoms with E-state index in [4.69, 9.17) is 0 Å². The molecule has 0 unspecified atom stereocenters. The van der Waals surface area contributed by atoms with Crippen molar-refractivity contribution < 1.29 is 4.79 Å². The van der Waals surface area contributed by atoms with Crippen LogP contribution in [0.5, 0.6) is 0 Å². The number of nitrogens with zero attached hydrogens (tertiary/aromatic N) is 2. The van der Waals surface area contributed by atoms with Gasteiger partial charge in [-0.25, -0.2) is 4.98 Å². The van der Waals surface area contributed by atoms with Crippen molar-refractivity contribution in [2.45, 2.75) is 25.4 Å². The summed E-state index contributed by atoms with van der Waals surface area (Å²) in [4.78, 5) is 18.8. The SMILES string of the molecule is O=C(c1ccc(Br)cn1)N(Cc1ccccc1Br)C1CC1. The summed E-state index contributed by atoms with van der Waals surface area (Å²) in [5, 5.41) is 0. The first kappa shape index (κ1) is 14.7. The van der Waals surface area contributed by atoms with Crippen molar-refractivity contribution in [3.8, 4) is 0 Å². The zero-order valence-corrected chi connectivity index (χ0v) is 14.5. The van der Waals surface area contributed by atoms with Gasteiger partial charge in [0.05, 0.1) is 0 Å². The van der Waals surface area contributed by atoms with Crippen molar-refractivity contribution in [2.75, 3.05) is 0 Å². The van der Waals surface area contributed by atoms with E-state index in [2.05, 4.69) is 36.8 Å². The summed E-state index contributed by atoms with van der Waals surface area (Å²) >= 11 is 6.89. The van der Waals surface area contributed by atoms with E-state index in [1.54, 1.807) is 12.3 Å². The van der Waals surface area contributed by atoms with E-state index in [0.29, 0.717) is 18.3 Å². The van der Waals surface area contributed by atoms with Crippen LogP contribution in [0.1, 0.15) is 28.9 Å². The molecule has 0 bridgehead atoms. The maximum Gasteiger partial charge on any atom is 0.272 e. The molecule has 3 rings (SSSR count). The smallest absolute Gasteiger partial charge is 0.272 e. The van der Waals surface area contributed by atoms with Crippen LogP contribution in [0.25, 0.3) is 0 Å². The Labute approximate surface area is 140 Å². The van der Waals surface area contributed by atoms with Gasteiger partial charge in [-0.1, -0.05) is 34.1 Å². The molecule has 1 aliphatic carbocycles. The number of aromatic nitrogens is 1. The number of halogens is 2. The van der Waals surface area contributed by atoms with E-state index >= 15 is 0 Å². The lowest BCUT2D eigenvalue weighted by molar-refractivity contribution is 0.0723. The molecule has 0 spiro atoms.